The zero-order chi connectivity index (χ0) is 28.8. The maximum Gasteiger partial charge on any atom is 0.269 e. The molecule has 0 aliphatic heterocycles. The number of nitro benzene ring substituents is 1. The highest BCUT2D eigenvalue weighted by molar-refractivity contribution is 7.89. The van der Waals surface area contributed by atoms with Crippen LogP contribution in [0.5, 0.6) is 0 Å². The van der Waals surface area contributed by atoms with Crippen LogP contribution in [0.3, 0.4) is 0 Å². The summed E-state index contributed by atoms with van der Waals surface area (Å²) < 4.78 is 29.3. The van der Waals surface area contributed by atoms with E-state index in [-0.39, 0.29) is 29.0 Å². The zero-order valence-corrected chi connectivity index (χ0v) is 24.1. The van der Waals surface area contributed by atoms with E-state index in [0.29, 0.717) is 12.0 Å². The van der Waals surface area contributed by atoms with E-state index in [2.05, 4.69) is 5.32 Å². The number of hydrogen-bond donors (Lipinski definition) is 2. The van der Waals surface area contributed by atoms with Crippen LogP contribution in [0.25, 0.3) is 0 Å². The lowest BCUT2D eigenvalue weighted by Gasteiger charge is -2.40. The molecule has 2 aromatic rings. The molecule has 0 bridgehead atoms. The molecule has 39 heavy (non-hydrogen) atoms. The van der Waals surface area contributed by atoms with Crippen molar-refractivity contribution in [2.24, 2.45) is 11.3 Å². The lowest BCUT2D eigenvalue weighted by atomic mass is 9.71. The van der Waals surface area contributed by atoms with Crippen LogP contribution in [-0.2, 0) is 14.8 Å². The molecule has 0 spiro atoms. The monoisotopic (exact) mass is 559 g/mol. The number of aliphatic hydroxyl groups excluding tert-OH is 1. The first-order valence-electron chi connectivity index (χ1n) is 13.7. The fraction of sp³-hybridized carbons (Fsp3) is 0.552. The largest absolute Gasteiger partial charge is 0.389 e. The van der Waals surface area contributed by atoms with Gasteiger partial charge in [0.05, 0.1) is 28.0 Å². The van der Waals surface area contributed by atoms with Gasteiger partial charge in [0.2, 0.25) is 15.9 Å². The SMILES string of the molecule is CCC1(C(=O)NC(C)C(O)C(c2ccccc2)N(CC(C)C)S(=O)(=O)c2ccc([N+](=O)[O-])cc2)CCCCC1. The molecule has 1 aliphatic carbocycles. The van der Waals surface area contributed by atoms with E-state index in [1.54, 1.807) is 31.2 Å². The van der Waals surface area contributed by atoms with Gasteiger partial charge in [0.15, 0.2) is 0 Å². The summed E-state index contributed by atoms with van der Waals surface area (Å²) in [5, 5.41) is 25.9. The normalized spacial score (nSPS) is 17.9. The third kappa shape index (κ3) is 7.04. The molecule has 1 saturated carbocycles. The quantitative estimate of drug-likeness (QED) is 0.271. The van der Waals surface area contributed by atoms with E-state index in [9.17, 15) is 28.4 Å². The van der Waals surface area contributed by atoms with Crippen LogP contribution in [0.4, 0.5) is 5.69 Å². The Morgan fingerprint density at radius 1 is 1.05 bits per heavy atom. The van der Waals surface area contributed by atoms with Crippen molar-refractivity contribution in [1.82, 2.24) is 9.62 Å². The molecule has 1 aliphatic rings. The Kier molecular flexibility index (Phi) is 10.3. The van der Waals surface area contributed by atoms with Gasteiger partial charge < -0.3 is 10.4 Å². The third-order valence-electron chi connectivity index (χ3n) is 7.81. The summed E-state index contributed by atoms with van der Waals surface area (Å²) in [5.41, 5.74) is -0.107. The smallest absolute Gasteiger partial charge is 0.269 e. The minimum atomic E-state index is -4.19. The van der Waals surface area contributed by atoms with Gasteiger partial charge in [-0.25, -0.2) is 8.42 Å². The standard InChI is InChI=1S/C29H41N3O6S/c1-5-29(18-10-7-11-19-29)28(34)30-22(4)27(33)26(23-12-8-6-9-13-23)31(20-21(2)3)39(37,38)25-16-14-24(15-17-25)32(35)36/h6,8-9,12-17,21-22,26-27,33H,5,7,10-11,18-20H2,1-4H3,(H,30,34). The lowest BCUT2D eigenvalue weighted by molar-refractivity contribution is -0.384. The maximum atomic E-state index is 14.0. The number of amides is 1. The molecule has 0 heterocycles. The van der Waals surface area contributed by atoms with Gasteiger partial charge in [0, 0.05) is 24.1 Å². The lowest BCUT2D eigenvalue weighted by Crippen LogP contribution is -2.53. The molecular weight excluding hydrogens is 518 g/mol. The minimum Gasteiger partial charge on any atom is -0.389 e. The van der Waals surface area contributed by atoms with Gasteiger partial charge in [0.1, 0.15) is 0 Å². The number of rotatable bonds is 12. The predicted octanol–water partition coefficient (Wildman–Crippen LogP) is 5.21. The van der Waals surface area contributed by atoms with Crippen LogP contribution >= 0.6 is 0 Å². The summed E-state index contributed by atoms with van der Waals surface area (Å²) in [5.74, 6) is -0.191. The molecule has 1 amide bonds. The Bertz CT molecular complexity index is 1210. The van der Waals surface area contributed by atoms with Crippen LogP contribution in [0.15, 0.2) is 59.5 Å². The summed E-state index contributed by atoms with van der Waals surface area (Å²) in [6, 6.07) is 11.9. The highest BCUT2D eigenvalue weighted by atomic mass is 32.2. The fourth-order valence-electron chi connectivity index (χ4n) is 5.47. The van der Waals surface area contributed by atoms with Gasteiger partial charge in [-0.3, -0.25) is 14.9 Å². The molecule has 0 radical (unpaired) electrons. The number of nitrogens with one attached hydrogen (secondary N) is 1. The van der Waals surface area contributed by atoms with Crippen molar-refractivity contribution in [1.29, 1.82) is 0 Å². The van der Waals surface area contributed by atoms with Crippen molar-refractivity contribution in [3.63, 3.8) is 0 Å². The second-order valence-electron chi connectivity index (χ2n) is 11.0. The summed E-state index contributed by atoms with van der Waals surface area (Å²) in [4.78, 5) is 23.9. The molecule has 10 heteroatoms. The average Bonchev–Trinajstić information content (AvgIpc) is 2.93. The second kappa shape index (κ2) is 13.0. The Morgan fingerprint density at radius 3 is 2.15 bits per heavy atom. The molecular formula is C29H41N3O6S. The van der Waals surface area contributed by atoms with Crippen LogP contribution in [-0.4, -0.2) is 47.4 Å². The summed E-state index contributed by atoms with van der Waals surface area (Å²) in [7, 11) is -4.19. The molecule has 2 N–H and O–H groups in total. The molecule has 3 rings (SSSR count). The Balaban J connectivity index is 2.01. The Labute approximate surface area is 231 Å². The molecule has 3 unspecified atom stereocenters. The third-order valence-corrected chi connectivity index (χ3v) is 9.68. The fourth-order valence-corrected chi connectivity index (χ4v) is 7.26. The molecule has 9 nitrogen and oxygen atoms in total. The number of non-ortho nitro benzene ring substituents is 1. The molecule has 214 valence electrons. The highest BCUT2D eigenvalue weighted by Gasteiger charge is 2.42. The number of benzene rings is 2. The number of nitro groups is 1. The van der Waals surface area contributed by atoms with Gasteiger partial charge in [0.25, 0.3) is 5.69 Å². The Morgan fingerprint density at radius 2 is 1.64 bits per heavy atom. The van der Waals surface area contributed by atoms with E-state index in [4.69, 9.17) is 0 Å². The maximum absolute atomic E-state index is 14.0. The number of sulfonamides is 1. The van der Waals surface area contributed by atoms with Gasteiger partial charge in [-0.15, -0.1) is 0 Å². The van der Waals surface area contributed by atoms with Crippen molar-refractivity contribution < 1.29 is 23.2 Å². The topological polar surface area (TPSA) is 130 Å². The highest BCUT2D eigenvalue weighted by Crippen LogP contribution is 2.40. The van der Waals surface area contributed by atoms with E-state index >= 15 is 0 Å². The van der Waals surface area contributed by atoms with Crippen molar-refractivity contribution in [3.8, 4) is 0 Å². The number of hydrogen-bond acceptors (Lipinski definition) is 6. The van der Waals surface area contributed by atoms with E-state index in [1.165, 1.54) is 16.4 Å². The van der Waals surface area contributed by atoms with Crippen molar-refractivity contribution in [2.45, 2.75) is 89.3 Å². The summed E-state index contributed by atoms with van der Waals surface area (Å²) in [6.45, 7) is 7.57. The van der Waals surface area contributed by atoms with Crippen molar-refractivity contribution in [2.75, 3.05) is 6.54 Å². The van der Waals surface area contributed by atoms with Crippen LogP contribution < -0.4 is 5.32 Å². The first-order valence-corrected chi connectivity index (χ1v) is 15.2. The Hall–Kier alpha value is -2.82. The molecule has 2 aromatic carbocycles. The summed E-state index contributed by atoms with van der Waals surface area (Å²) in [6.07, 6.45) is 4.12. The van der Waals surface area contributed by atoms with Gasteiger partial charge in [-0.2, -0.15) is 4.31 Å². The van der Waals surface area contributed by atoms with E-state index < -0.39 is 38.5 Å². The van der Waals surface area contributed by atoms with Gasteiger partial charge >= 0.3 is 0 Å². The molecule has 0 saturated heterocycles. The zero-order valence-electron chi connectivity index (χ0n) is 23.2. The number of carbonyl (C=O) groups is 1. The summed E-state index contributed by atoms with van der Waals surface area (Å²) >= 11 is 0. The van der Waals surface area contributed by atoms with E-state index in [0.717, 1.165) is 44.2 Å². The second-order valence-corrected chi connectivity index (χ2v) is 12.9. The van der Waals surface area contributed by atoms with Gasteiger partial charge in [-0.05, 0) is 49.8 Å². The number of carbonyl (C=O) groups excluding carboxylic acids is 1. The van der Waals surface area contributed by atoms with Crippen molar-refractivity contribution >= 4 is 21.6 Å². The molecule has 3 atom stereocenters. The van der Waals surface area contributed by atoms with Crippen LogP contribution in [0.2, 0.25) is 0 Å². The predicted molar refractivity (Wildman–Crippen MR) is 150 cm³/mol. The minimum absolute atomic E-state index is 0.0910. The first-order chi connectivity index (χ1) is 18.4. The first kappa shape index (κ1) is 30.7. The molecule has 0 aromatic heterocycles. The van der Waals surface area contributed by atoms with Crippen LogP contribution in [0.1, 0.15) is 77.8 Å². The van der Waals surface area contributed by atoms with Crippen molar-refractivity contribution in [3.05, 3.63) is 70.3 Å². The van der Waals surface area contributed by atoms with E-state index in [1.807, 2.05) is 26.8 Å². The number of nitrogens with zero attached hydrogens (tertiary/aromatic N) is 2. The van der Waals surface area contributed by atoms with Crippen LogP contribution in [0, 0.1) is 21.4 Å². The van der Waals surface area contributed by atoms with Gasteiger partial charge in [-0.1, -0.05) is 70.4 Å². The molecule has 1 fully saturated rings. The number of aliphatic hydroxyl groups is 1. The average molecular weight is 560 g/mol.